The Kier molecular flexibility index (Phi) is 3.12. The van der Waals surface area contributed by atoms with E-state index in [1.54, 1.807) is 30.3 Å². The molecule has 72 valence electrons. The van der Waals surface area contributed by atoms with Crippen molar-refractivity contribution in [3.63, 3.8) is 0 Å². The van der Waals surface area contributed by atoms with E-state index in [0.717, 1.165) is 0 Å². The van der Waals surface area contributed by atoms with Gasteiger partial charge in [0.2, 0.25) is 5.78 Å². The summed E-state index contributed by atoms with van der Waals surface area (Å²) < 4.78 is 0. The Morgan fingerprint density at radius 1 is 1.07 bits per heavy atom. The average Bonchev–Trinajstić information content (AvgIpc) is 2.18. The molecule has 0 heterocycles. The molecule has 1 aromatic carbocycles. The molecule has 0 bridgehead atoms. The molecular formula is C10H9NO3. The number of ketones is 2. The third kappa shape index (κ3) is 2.52. The minimum absolute atomic E-state index is 0.0807. The molecule has 4 heteroatoms. The third-order valence-electron chi connectivity index (χ3n) is 1.68. The summed E-state index contributed by atoms with van der Waals surface area (Å²) in [5.74, 6) is -3.12. The molecule has 0 aliphatic rings. The lowest BCUT2D eigenvalue weighted by atomic mass is 10.1. The summed E-state index contributed by atoms with van der Waals surface area (Å²) in [7, 11) is 0. The summed E-state index contributed by atoms with van der Waals surface area (Å²) in [6.07, 6.45) is -0.0807. The summed E-state index contributed by atoms with van der Waals surface area (Å²) >= 11 is 0. The molecule has 0 fully saturated rings. The fourth-order valence-corrected chi connectivity index (χ4v) is 0.999. The van der Waals surface area contributed by atoms with Crippen LogP contribution in [0.5, 0.6) is 0 Å². The second kappa shape index (κ2) is 4.32. The highest BCUT2D eigenvalue weighted by atomic mass is 16.2. The lowest BCUT2D eigenvalue weighted by Crippen LogP contribution is -2.31. The highest BCUT2D eigenvalue weighted by molar-refractivity contribution is 6.63. The number of primary amides is 1. The zero-order valence-corrected chi connectivity index (χ0v) is 7.40. The summed E-state index contributed by atoms with van der Waals surface area (Å²) in [4.78, 5) is 32.3. The molecule has 0 unspecified atom stereocenters. The van der Waals surface area contributed by atoms with Gasteiger partial charge in [-0.05, 0) is 5.56 Å². The number of carbonyl (C=O) groups excluding carboxylic acids is 3. The predicted molar refractivity (Wildman–Crippen MR) is 49.4 cm³/mol. The van der Waals surface area contributed by atoms with Crippen LogP contribution in [0.4, 0.5) is 0 Å². The summed E-state index contributed by atoms with van der Waals surface area (Å²) in [6.45, 7) is 0. The van der Waals surface area contributed by atoms with Gasteiger partial charge in [-0.1, -0.05) is 30.3 Å². The third-order valence-corrected chi connectivity index (χ3v) is 1.68. The number of rotatable bonds is 4. The molecular weight excluding hydrogens is 182 g/mol. The van der Waals surface area contributed by atoms with E-state index in [-0.39, 0.29) is 6.42 Å². The molecule has 0 saturated carbocycles. The number of Topliss-reactive ketones (excluding diaryl/α,β-unsaturated/α-hetero) is 2. The molecule has 0 aliphatic carbocycles. The predicted octanol–water partition coefficient (Wildman–Crippen LogP) is -0.147. The Morgan fingerprint density at radius 3 is 2.14 bits per heavy atom. The first kappa shape index (κ1) is 10.1. The second-order valence-electron chi connectivity index (χ2n) is 2.78. The molecule has 1 aromatic rings. The molecule has 4 nitrogen and oxygen atoms in total. The maximum absolute atomic E-state index is 11.1. The standard InChI is InChI=1S/C10H9NO3/c11-10(14)9(13)8(12)6-7-4-2-1-3-5-7/h1-5H,6H2,(H2,11,14). The molecule has 0 radical (unpaired) electrons. The molecule has 14 heavy (non-hydrogen) atoms. The fourth-order valence-electron chi connectivity index (χ4n) is 0.999. The van der Waals surface area contributed by atoms with E-state index in [0.29, 0.717) is 5.56 Å². The van der Waals surface area contributed by atoms with E-state index in [9.17, 15) is 14.4 Å². The minimum Gasteiger partial charge on any atom is -0.363 e. The monoisotopic (exact) mass is 191 g/mol. The van der Waals surface area contributed by atoms with Crippen LogP contribution in [0.15, 0.2) is 30.3 Å². The zero-order chi connectivity index (χ0) is 10.6. The van der Waals surface area contributed by atoms with Crippen LogP contribution in [0, 0.1) is 0 Å². The lowest BCUT2D eigenvalue weighted by molar-refractivity contribution is -0.143. The Balaban J connectivity index is 2.67. The van der Waals surface area contributed by atoms with Gasteiger partial charge in [-0.2, -0.15) is 0 Å². The van der Waals surface area contributed by atoms with Crippen molar-refractivity contribution in [3.8, 4) is 0 Å². The number of hydrogen-bond donors (Lipinski definition) is 1. The largest absolute Gasteiger partial charge is 0.363 e. The smallest absolute Gasteiger partial charge is 0.293 e. The van der Waals surface area contributed by atoms with Gasteiger partial charge in [-0.3, -0.25) is 14.4 Å². The van der Waals surface area contributed by atoms with E-state index < -0.39 is 17.5 Å². The first-order chi connectivity index (χ1) is 6.61. The van der Waals surface area contributed by atoms with Crippen LogP contribution >= 0.6 is 0 Å². The maximum atomic E-state index is 11.1. The fraction of sp³-hybridized carbons (Fsp3) is 0.100. The van der Waals surface area contributed by atoms with Crippen LogP contribution in [0.3, 0.4) is 0 Å². The van der Waals surface area contributed by atoms with Crippen LogP contribution in [-0.2, 0) is 20.8 Å². The topological polar surface area (TPSA) is 77.2 Å². The lowest BCUT2D eigenvalue weighted by Gasteiger charge is -1.97. The van der Waals surface area contributed by atoms with E-state index in [1.165, 1.54) is 0 Å². The zero-order valence-electron chi connectivity index (χ0n) is 7.40. The van der Waals surface area contributed by atoms with Gasteiger partial charge < -0.3 is 5.73 Å². The van der Waals surface area contributed by atoms with Gasteiger partial charge in [-0.15, -0.1) is 0 Å². The SMILES string of the molecule is NC(=O)C(=O)C(=O)Cc1ccccc1. The van der Waals surface area contributed by atoms with Crippen molar-refractivity contribution >= 4 is 17.5 Å². The van der Waals surface area contributed by atoms with Crippen molar-refractivity contribution in [2.24, 2.45) is 5.73 Å². The van der Waals surface area contributed by atoms with E-state index in [1.807, 2.05) is 0 Å². The highest BCUT2D eigenvalue weighted by Gasteiger charge is 2.19. The van der Waals surface area contributed by atoms with Crippen molar-refractivity contribution in [2.75, 3.05) is 0 Å². The Labute approximate surface area is 80.7 Å². The molecule has 0 aliphatic heterocycles. The second-order valence-corrected chi connectivity index (χ2v) is 2.78. The van der Waals surface area contributed by atoms with Gasteiger partial charge in [0.1, 0.15) is 0 Å². The average molecular weight is 191 g/mol. The van der Waals surface area contributed by atoms with Crippen LogP contribution in [0.25, 0.3) is 0 Å². The summed E-state index contributed by atoms with van der Waals surface area (Å²) in [6, 6.07) is 8.69. The van der Waals surface area contributed by atoms with Crippen molar-refractivity contribution in [1.29, 1.82) is 0 Å². The van der Waals surface area contributed by atoms with Gasteiger partial charge in [0.25, 0.3) is 11.7 Å². The summed E-state index contributed by atoms with van der Waals surface area (Å²) in [5.41, 5.74) is 5.37. The van der Waals surface area contributed by atoms with Gasteiger partial charge in [-0.25, -0.2) is 0 Å². The van der Waals surface area contributed by atoms with Gasteiger partial charge in [0, 0.05) is 6.42 Å². The Hall–Kier alpha value is -1.97. The van der Waals surface area contributed by atoms with Crippen LogP contribution < -0.4 is 5.73 Å². The maximum Gasteiger partial charge on any atom is 0.293 e. The Bertz CT molecular complexity index is 370. The van der Waals surface area contributed by atoms with Crippen LogP contribution in [0.1, 0.15) is 5.56 Å². The molecule has 2 N–H and O–H groups in total. The van der Waals surface area contributed by atoms with Crippen LogP contribution in [0.2, 0.25) is 0 Å². The molecule has 0 saturated heterocycles. The number of nitrogens with two attached hydrogens (primary N) is 1. The normalized spacial score (nSPS) is 9.43. The van der Waals surface area contributed by atoms with Crippen molar-refractivity contribution in [2.45, 2.75) is 6.42 Å². The van der Waals surface area contributed by atoms with Crippen molar-refractivity contribution in [1.82, 2.24) is 0 Å². The van der Waals surface area contributed by atoms with Crippen molar-refractivity contribution in [3.05, 3.63) is 35.9 Å². The molecule has 1 amide bonds. The highest BCUT2D eigenvalue weighted by Crippen LogP contribution is 2.00. The van der Waals surface area contributed by atoms with E-state index in [4.69, 9.17) is 0 Å². The molecule has 0 atom stereocenters. The summed E-state index contributed by atoms with van der Waals surface area (Å²) in [5, 5.41) is 0. The first-order valence-corrected chi connectivity index (χ1v) is 4.02. The minimum atomic E-state index is -1.20. The number of hydrogen-bond acceptors (Lipinski definition) is 3. The Morgan fingerprint density at radius 2 is 1.64 bits per heavy atom. The van der Waals surface area contributed by atoms with Crippen LogP contribution in [-0.4, -0.2) is 17.5 Å². The number of amides is 1. The quantitative estimate of drug-likeness (QED) is 0.531. The van der Waals surface area contributed by atoms with E-state index >= 15 is 0 Å². The first-order valence-electron chi connectivity index (χ1n) is 4.02. The van der Waals surface area contributed by atoms with Gasteiger partial charge >= 0.3 is 0 Å². The van der Waals surface area contributed by atoms with E-state index in [2.05, 4.69) is 5.73 Å². The molecule has 1 rings (SSSR count). The van der Waals surface area contributed by atoms with Gasteiger partial charge in [0.05, 0.1) is 0 Å². The van der Waals surface area contributed by atoms with Crippen molar-refractivity contribution < 1.29 is 14.4 Å². The molecule has 0 aromatic heterocycles. The number of benzene rings is 1. The molecule has 0 spiro atoms. The van der Waals surface area contributed by atoms with Gasteiger partial charge in [0.15, 0.2) is 0 Å². The number of carbonyl (C=O) groups is 3.